The maximum absolute atomic E-state index is 5.53. The van der Waals surface area contributed by atoms with Crippen LogP contribution in [0, 0.1) is 6.92 Å². The monoisotopic (exact) mass is 437 g/mol. The molecule has 0 amide bonds. The van der Waals surface area contributed by atoms with Crippen molar-refractivity contribution in [2.45, 2.75) is 39.0 Å². The third kappa shape index (κ3) is 4.70. The molecular weight excluding hydrogens is 406 g/mol. The van der Waals surface area contributed by atoms with Crippen LogP contribution in [0.2, 0.25) is 0 Å². The first-order valence-corrected chi connectivity index (χ1v) is 11.9. The maximum Gasteiger partial charge on any atom is 0.129 e. The molecule has 168 valence electrons. The zero-order valence-corrected chi connectivity index (χ0v) is 19.6. The highest BCUT2D eigenvalue weighted by atomic mass is 16.5. The average molecular weight is 438 g/mol. The van der Waals surface area contributed by atoms with Crippen LogP contribution in [0.3, 0.4) is 0 Å². The van der Waals surface area contributed by atoms with Gasteiger partial charge in [-0.1, -0.05) is 30.3 Å². The summed E-state index contributed by atoms with van der Waals surface area (Å²) >= 11 is 0. The van der Waals surface area contributed by atoms with Gasteiger partial charge in [0.05, 0.1) is 12.8 Å². The molecule has 0 radical (unpaired) electrons. The summed E-state index contributed by atoms with van der Waals surface area (Å²) in [5.74, 6) is 1.79. The highest BCUT2D eigenvalue weighted by molar-refractivity contribution is 5.98. The number of piperidine rings is 1. The molecule has 1 saturated heterocycles. The molecule has 3 aromatic carbocycles. The lowest BCUT2D eigenvalue weighted by Crippen LogP contribution is -2.29. The van der Waals surface area contributed by atoms with E-state index in [0.717, 1.165) is 48.8 Å². The van der Waals surface area contributed by atoms with Gasteiger partial charge in [-0.05, 0) is 79.5 Å². The molecule has 4 aromatic rings. The van der Waals surface area contributed by atoms with Crippen LogP contribution in [0.25, 0.3) is 22.0 Å². The first kappa shape index (κ1) is 21.4. The highest BCUT2D eigenvalue weighted by Gasteiger charge is 2.16. The van der Waals surface area contributed by atoms with Gasteiger partial charge in [-0.15, -0.1) is 0 Å². The van der Waals surface area contributed by atoms with Gasteiger partial charge in [-0.3, -0.25) is 0 Å². The normalized spacial score (nSPS) is 13.9. The molecule has 0 spiro atoms. The minimum absolute atomic E-state index is 0.836. The van der Waals surface area contributed by atoms with E-state index < -0.39 is 0 Å². The van der Waals surface area contributed by atoms with E-state index in [1.807, 2.05) is 18.3 Å². The van der Waals surface area contributed by atoms with Crippen LogP contribution in [0.15, 0.2) is 66.9 Å². The predicted molar refractivity (Wildman–Crippen MR) is 136 cm³/mol. The maximum atomic E-state index is 5.53. The Bertz CT molecular complexity index is 1260. The molecule has 0 bridgehead atoms. The van der Waals surface area contributed by atoms with Crippen LogP contribution in [0.4, 0.5) is 5.69 Å². The zero-order chi connectivity index (χ0) is 22.6. The van der Waals surface area contributed by atoms with E-state index in [4.69, 9.17) is 9.72 Å². The lowest BCUT2D eigenvalue weighted by molar-refractivity contribution is 0.415. The summed E-state index contributed by atoms with van der Waals surface area (Å²) < 4.78 is 5.53. The number of fused-ring (bicyclic) bond motifs is 1. The molecule has 2 heterocycles. The van der Waals surface area contributed by atoms with Crippen LogP contribution in [-0.2, 0) is 12.8 Å². The number of aromatic nitrogens is 2. The van der Waals surface area contributed by atoms with E-state index in [1.165, 1.54) is 46.8 Å². The molecule has 4 heteroatoms. The van der Waals surface area contributed by atoms with Crippen molar-refractivity contribution in [1.29, 1.82) is 0 Å². The Kier molecular flexibility index (Phi) is 6.25. The number of aryl methyl sites for hydroxylation is 3. The molecular formula is C29H31N3O. The number of benzene rings is 3. The third-order valence-electron chi connectivity index (χ3n) is 6.72. The molecule has 1 aromatic heterocycles. The van der Waals surface area contributed by atoms with Crippen molar-refractivity contribution in [2.75, 3.05) is 25.1 Å². The Balaban J connectivity index is 1.50. The van der Waals surface area contributed by atoms with Gasteiger partial charge in [0.25, 0.3) is 0 Å². The first-order valence-electron chi connectivity index (χ1n) is 11.9. The van der Waals surface area contributed by atoms with Crippen LogP contribution in [-0.4, -0.2) is 30.2 Å². The fraction of sp³-hybridized carbons (Fsp3) is 0.310. The van der Waals surface area contributed by atoms with Crippen molar-refractivity contribution < 1.29 is 4.74 Å². The number of anilines is 1. The summed E-state index contributed by atoms with van der Waals surface area (Å²) in [6.07, 6.45) is 7.48. The Morgan fingerprint density at radius 3 is 2.58 bits per heavy atom. The second kappa shape index (κ2) is 9.62. The topological polar surface area (TPSA) is 38.3 Å². The van der Waals surface area contributed by atoms with E-state index >= 15 is 0 Å². The van der Waals surface area contributed by atoms with Crippen molar-refractivity contribution in [1.82, 2.24) is 9.97 Å². The largest absolute Gasteiger partial charge is 0.497 e. The third-order valence-corrected chi connectivity index (χ3v) is 6.72. The number of hydrogen-bond donors (Lipinski definition) is 0. The summed E-state index contributed by atoms with van der Waals surface area (Å²) in [6, 6.07) is 21.5. The van der Waals surface area contributed by atoms with Crippen molar-refractivity contribution in [3.05, 3.63) is 83.8 Å². The highest BCUT2D eigenvalue weighted by Crippen LogP contribution is 2.36. The molecule has 1 aliphatic heterocycles. The van der Waals surface area contributed by atoms with E-state index in [9.17, 15) is 0 Å². The van der Waals surface area contributed by atoms with Gasteiger partial charge in [0.2, 0.25) is 0 Å². The van der Waals surface area contributed by atoms with Crippen molar-refractivity contribution in [3.63, 3.8) is 0 Å². The Hall–Kier alpha value is -3.40. The second-order valence-corrected chi connectivity index (χ2v) is 8.91. The van der Waals surface area contributed by atoms with Gasteiger partial charge in [0.15, 0.2) is 0 Å². The number of rotatable bonds is 6. The average Bonchev–Trinajstić information content (AvgIpc) is 2.88. The molecule has 0 N–H and O–H groups in total. The molecule has 0 unspecified atom stereocenters. The summed E-state index contributed by atoms with van der Waals surface area (Å²) in [4.78, 5) is 12.1. The van der Waals surface area contributed by atoms with E-state index in [0.29, 0.717) is 0 Å². The van der Waals surface area contributed by atoms with E-state index in [1.54, 1.807) is 7.11 Å². The zero-order valence-electron chi connectivity index (χ0n) is 19.6. The lowest BCUT2D eigenvalue weighted by Gasteiger charge is -2.30. The number of ether oxygens (including phenoxy) is 1. The van der Waals surface area contributed by atoms with E-state index in [2.05, 4.69) is 65.3 Å². The van der Waals surface area contributed by atoms with Crippen LogP contribution in [0.5, 0.6) is 5.75 Å². The Morgan fingerprint density at radius 2 is 1.76 bits per heavy atom. The minimum Gasteiger partial charge on any atom is -0.497 e. The molecule has 4 nitrogen and oxygen atoms in total. The molecule has 1 fully saturated rings. The minimum atomic E-state index is 0.836. The number of nitrogens with zero attached hydrogens (tertiary/aromatic N) is 3. The summed E-state index contributed by atoms with van der Waals surface area (Å²) in [7, 11) is 1.73. The SMILES string of the molecule is COc1ccc2cc(-c3ccnc(CCc4ccccc4C)n3)cc(N3CCCCC3)c2c1. The van der Waals surface area contributed by atoms with Gasteiger partial charge in [0.1, 0.15) is 11.6 Å². The van der Waals surface area contributed by atoms with Gasteiger partial charge in [-0.2, -0.15) is 0 Å². The van der Waals surface area contributed by atoms with Crippen LogP contribution in [0.1, 0.15) is 36.2 Å². The first-order chi connectivity index (χ1) is 16.2. The van der Waals surface area contributed by atoms with Crippen molar-refractivity contribution >= 4 is 16.5 Å². The molecule has 0 atom stereocenters. The molecule has 1 aliphatic rings. The fourth-order valence-corrected chi connectivity index (χ4v) is 4.81. The van der Waals surface area contributed by atoms with Gasteiger partial charge in [-0.25, -0.2) is 9.97 Å². The summed E-state index contributed by atoms with van der Waals surface area (Å²) in [6.45, 7) is 4.36. The standard InChI is InChI=1S/C29H31N3O/c1-21-8-4-5-9-22(21)11-13-29-30-15-14-27(31-29)24-18-23-10-12-25(33-2)20-26(23)28(19-24)32-16-6-3-7-17-32/h4-5,8-10,12,14-15,18-20H,3,6-7,11,13,16-17H2,1-2H3. The molecule has 0 aliphatic carbocycles. The van der Waals surface area contributed by atoms with E-state index in [-0.39, 0.29) is 0 Å². The quantitative estimate of drug-likeness (QED) is 0.350. The van der Waals surface area contributed by atoms with Gasteiger partial charge >= 0.3 is 0 Å². The predicted octanol–water partition coefficient (Wildman–Crippen LogP) is 6.39. The smallest absolute Gasteiger partial charge is 0.129 e. The van der Waals surface area contributed by atoms with Gasteiger partial charge in [0, 0.05) is 42.3 Å². The van der Waals surface area contributed by atoms with Crippen molar-refractivity contribution in [3.8, 4) is 17.0 Å². The second-order valence-electron chi connectivity index (χ2n) is 8.91. The summed E-state index contributed by atoms with van der Waals surface area (Å²) in [5.41, 5.74) is 6.10. The Labute approximate surface area is 196 Å². The number of methoxy groups -OCH3 is 1. The van der Waals surface area contributed by atoms with Gasteiger partial charge < -0.3 is 9.64 Å². The molecule has 33 heavy (non-hydrogen) atoms. The molecule has 0 saturated carbocycles. The van der Waals surface area contributed by atoms with Crippen LogP contribution >= 0.6 is 0 Å². The lowest BCUT2D eigenvalue weighted by atomic mass is 10.00. The van der Waals surface area contributed by atoms with Crippen molar-refractivity contribution in [2.24, 2.45) is 0 Å². The Morgan fingerprint density at radius 1 is 0.909 bits per heavy atom. The fourth-order valence-electron chi connectivity index (χ4n) is 4.81. The number of hydrogen-bond acceptors (Lipinski definition) is 4. The van der Waals surface area contributed by atoms with Crippen LogP contribution < -0.4 is 9.64 Å². The summed E-state index contributed by atoms with van der Waals surface area (Å²) in [5, 5.41) is 2.46. The molecule has 5 rings (SSSR count).